The zero-order valence-corrected chi connectivity index (χ0v) is 17.8. The molecule has 0 heterocycles. The van der Waals surface area contributed by atoms with E-state index in [0.717, 1.165) is 36.1 Å². The second kappa shape index (κ2) is 10.9. The summed E-state index contributed by atoms with van der Waals surface area (Å²) in [4.78, 5) is 16.3. The van der Waals surface area contributed by atoms with Crippen molar-refractivity contribution in [1.29, 1.82) is 0 Å². The highest BCUT2D eigenvalue weighted by atomic mass is 19.4. The molecule has 172 valence electrons. The van der Waals surface area contributed by atoms with E-state index in [9.17, 15) is 18.0 Å². The van der Waals surface area contributed by atoms with E-state index in [4.69, 9.17) is 4.74 Å². The lowest BCUT2D eigenvalue weighted by Crippen LogP contribution is -2.36. The Hall–Kier alpha value is -3.23. The van der Waals surface area contributed by atoms with E-state index in [1.165, 1.54) is 12.1 Å². The number of hydrogen-bond donors (Lipinski definition) is 3. The Morgan fingerprint density at radius 3 is 2.34 bits per heavy atom. The van der Waals surface area contributed by atoms with Gasteiger partial charge in [0, 0.05) is 31.7 Å². The first-order chi connectivity index (χ1) is 15.3. The summed E-state index contributed by atoms with van der Waals surface area (Å²) in [6, 6.07) is 14.0. The van der Waals surface area contributed by atoms with Gasteiger partial charge in [-0.1, -0.05) is 30.7 Å². The monoisotopic (exact) mass is 448 g/mol. The van der Waals surface area contributed by atoms with Crippen molar-refractivity contribution in [2.75, 3.05) is 19.0 Å². The number of carbonyl (C=O) groups is 1. The molecule has 0 aliphatic heterocycles. The summed E-state index contributed by atoms with van der Waals surface area (Å²) in [5.74, 6) is 0.947. The molecular formula is C23H27F3N4O2. The number of hydrogen-bond acceptors (Lipinski definition) is 3. The van der Waals surface area contributed by atoms with Crippen molar-refractivity contribution in [3.8, 4) is 5.75 Å². The van der Waals surface area contributed by atoms with Crippen molar-refractivity contribution >= 4 is 17.6 Å². The lowest BCUT2D eigenvalue weighted by molar-refractivity contribution is -0.153. The topological polar surface area (TPSA) is 74.8 Å². The number of guanidine groups is 1. The molecule has 0 unspecified atom stereocenters. The Morgan fingerprint density at radius 1 is 1.06 bits per heavy atom. The van der Waals surface area contributed by atoms with Gasteiger partial charge in [-0.25, -0.2) is 0 Å². The number of benzene rings is 2. The summed E-state index contributed by atoms with van der Waals surface area (Å²) >= 11 is 0. The first kappa shape index (κ1) is 23.4. The van der Waals surface area contributed by atoms with Gasteiger partial charge in [-0.3, -0.25) is 9.79 Å². The van der Waals surface area contributed by atoms with Crippen LogP contribution in [0.3, 0.4) is 0 Å². The summed E-state index contributed by atoms with van der Waals surface area (Å²) in [5.41, 5.74) is 2.63. The largest absolute Gasteiger partial charge is 0.484 e. The predicted molar refractivity (Wildman–Crippen MR) is 117 cm³/mol. The van der Waals surface area contributed by atoms with Gasteiger partial charge >= 0.3 is 6.18 Å². The van der Waals surface area contributed by atoms with Gasteiger partial charge in [0.05, 0.1) is 0 Å². The minimum Gasteiger partial charge on any atom is -0.484 e. The van der Waals surface area contributed by atoms with Crippen LogP contribution in [0.5, 0.6) is 5.75 Å². The average Bonchev–Trinajstić information content (AvgIpc) is 2.71. The van der Waals surface area contributed by atoms with Gasteiger partial charge in [-0.2, -0.15) is 13.2 Å². The molecule has 32 heavy (non-hydrogen) atoms. The van der Waals surface area contributed by atoms with Crippen LogP contribution in [-0.4, -0.2) is 31.7 Å². The predicted octanol–water partition coefficient (Wildman–Crippen LogP) is 4.23. The Balaban J connectivity index is 1.45. The van der Waals surface area contributed by atoms with Crippen LogP contribution in [0.4, 0.5) is 18.9 Å². The Bertz CT molecular complexity index is 926. The SMILES string of the molecule is CN=C(NCc1ccc(OCC(F)(F)F)cc1)NCc1cccc(NC(=O)C2CCC2)c1. The van der Waals surface area contributed by atoms with Crippen LogP contribution < -0.4 is 20.7 Å². The second-order valence-electron chi connectivity index (χ2n) is 7.64. The standard InChI is InChI=1S/C23H27F3N4O2/c1-27-22(28-13-16-8-10-20(11-9-16)32-15-23(24,25)26)29-14-17-4-2-7-19(12-17)30-21(31)18-5-3-6-18/h2,4,7-12,18H,3,5-6,13-15H2,1H3,(H,30,31)(H2,27,28,29). The number of alkyl halides is 3. The number of nitrogens with one attached hydrogen (secondary N) is 3. The van der Waals surface area contributed by atoms with E-state index in [2.05, 4.69) is 20.9 Å². The van der Waals surface area contributed by atoms with Crippen molar-refractivity contribution in [3.05, 3.63) is 59.7 Å². The molecule has 0 bridgehead atoms. The van der Waals surface area contributed by atoms with Crippen molar-refractivity contribution < 1.29 is 22.7 Å². The average molecular weight is 448 g/mol. The number of aliphatic imine (C=N–C) groups is 1. The summed E-state index contributed by atoms with van der Waals surface area (Å²) in [7, 11) is 1.65. The third kappa shape index (κ3) is 7.47. The quantitative estimate of drug-likeness (QED) is 0.417. The van der Waals surface area contributed by atoms with Crippen LogP contribution in [0.25, 0.3) is 0 Å². The van der Waals surface area contributed by atoms with Crippen molar-refractivity contribution in [1.82, 2.24) is 10.6 Å². The minimum atomic E-state index is -4.36. The van der Waals surface area contributed by atoms with Crippen LogP contribution in [-0.2, 0) is 17.9 Å². The Labute approximate surface area is 185 Å². The van der Waals surface area contributed by atoms with Crippen LogP contribution in [0, 0.1) is 5.92 Å². The van der Waals surface area contributed by atoms with Gasteiger partial charge in [0.15, 0.2) is 12.6 Å². The van der Waals surface area contributed by atoms with Gasteiger partial charge in [-0.05, 0) is 48.2 Å². The molecule has 9 heteroatoms. The fourth-order valence-corrected chi connectivity index (χ4v) is 3.13. The molecule has 6 nitrogen and oxygen atoms in total. The maximum Gasteiger partial charge on any atom is 0.422 e. The molecule has 0 aromatic heterocycles. The van der Waals surface area contributed by atoms with Gasteiger partial charge < -0.3 is 20.7 Å². The molecule has 3 rings (SSSR count). The fourth-order valence-electron chi connectivity index (χ4n) is 3.13. The first-order valence-corrected chi connectivity index (χ1v) is 10.5. The molecule has 0 atom stereocenters. The van der Waals surface area contributed by atoms with Gasteiger partial charge in [-0.15, -0.1) is 0 Å². The van der Waals surface area contributed by atoms with E-state index in [0.29, 0.717) is 19.0 Å². The summed E-state index contributed by atoms with van der Waals surface area (Å²) in [5, 5.41) is 9.33. The number of halogens is 3. The number of amides is 1. The third-order valence-electron chi connectivity index (χ3n) is 5.14. The highest BCUT2D eigenvalue weighted by molar-refractivity contribution is 5.93. The molecule has 1 aliphatic carbocycles. The van der Waals surface area contributed by atoms with E-state index in [1.54, 1.807) is 19.2 Å². The van der Waals surface area contributed by atoms with E-state index in [1.807, 2.05) is 24.3 Å². The molecule has 2 aromatic rings. The molecule has 1 amide bonds. The minimum absolute atomic E-state index is 0.0775. The summed E-state index contributed by atoms with van der Waals surface area (Å²) in [6.45, 7) is -0.361. The van der Waals surface area contributed by atoms with Crippen molar-refractivity contribution in [2.45, 2.75) is 38.5 Å². The summed E-state index contributed by atoms with van der Waals surface area (Å²) in [6.07, 6.45) is -1.33. The molecule has 2 aromatic carbocycles. The van der Waals surface area contributed by atoms with Crippen molar-refractivity contribution in [2.24, 2.45) is 10.9 Å². The van der Waals surface area contributed by atoms with Crippen molar-refractivity contribution in [3.63, 3.8) is 0 Å². The molecule has 1 aliphatic rings. The zero-order chi connectivity index (χ0) is 23.0. The molecule has 1 saturated carbocycles. The van der Waals surface area contributed by atoms with Gasteiger partial charge in [0.25, 0.3) is 0 Å². The Kier molecular flexibility index (Phi) is 7.97. The normalized spacial score (nSPS) is 14.4. The lowest BCUT2D eigenvalue weighted by Gasteiger charge is -2.24. The molecule has 0 radical (unpaired) electrons. The highest BCUT2D eigenvalue weighted by Crippen LogP contribution is 2.27. The lowest BCUT2D eigenvalue weighted by atomic mass is 9.85. The number of rotatable bonds is 8. The van der Waals surface area contributed by atoms with E-state index in [-0.39, 0.29) is 17.6 Å². The molecular weight excluding hydrogens is 421 g/mol. The Morgan fingerprint density at radius 2 is 1.75 bits per heavy atom. The molecule has 0 spiro atoms. The summed E-state index contributed by atoms with van der Waals surface area (Å²) < 4.78 is 41.4. The van der Waals surface area contributed by atoms with Crippen LogP contribution in [0.15, 0.2) is 53.5 Å². The number of nitrogens with zero attached hydrogens (tertiary/aromatic N) is 1. The third-order valence-corrected chi connectivity index (χ3v) is 5.14. The van der Waals surface area contributed by atoms with E-state index >= 15 is 0 Å². The molecule has 0 saturated heterocycles. The maximum absolute atomic E-state index is 12.2. The number of ether oxygens (including phenoxy) is 1. The highest BCUT2D eigenvalue weighted by Gasteiger charge is 2.28. The van der Waals surface area contributed by atoms with Gasteiger partial charge in [0.1, 0.15) is 5.75 Å². The maximum atomic E-state index is 12.2. The number of anilines is 1. The smallest absolute Gasteiger partial charge is 0.422 e. The van der Waals surface area contributed by atoms with E-state index < -0.39 is 12.8 Å². The molecule has 1 fully saturated rings. The zero-order valence-electron chi connectivity index (χ0n) is 17.8. The van der Waals surface area contributed by atoms with Crippen LogP contribution in [0.1, 0.15) is 30.4 Å². The van der Waals surface area contributed by atoms with Gasteiger partial charge in [0.2, 0.25) is 5.91 Å². The fraction of sp³-hybridized carbons (Fsp3) is 0.391. The second-order valence-corrected chi connectivity index (χ2v) is 7.64. The molecule has 3 N–H and O–H groups in total. The first-order valence-electron chi connectivity index (χ1n) is 10.5. The van der Waals surface area contributed by atoms with Crippen LogP contribution >= 0.6 is 0 Å². The number of carbonyl (C=O) groups excluding carboxylic acids is 1. The van der Waals surface area contributed by atoms with Crippen LogP contribution in [0.2, 0.25) is 0 Å².